The minimum Gasteiger partial charge on any atom is -0.349 e. The van der Waals surface area contributed by atoms with Crippen LogP contribution in [0, 0.1) is 45.0 Å². The van der Waals surface area contributed by atoms with Crippen molar-refractivity contribution in [2.75, 3.05) is 13.1 Å². The summed E-state index contributed by atoms with van der Waals surface area (Å²) >= 11 is 0. The van der Waals surface area contributed by atoms with Gasteiger partial charge < -0.3 is 19.2 Å². The predicted octanol–water partition coefficient (Wildman–Crippen LogP) is 0.634. The summed E-state index contributed by atoms with van der Waals surface area (Å²) in [5, 5.41) is 3.02. The zero-order valence-corrected chi connectivity index (χ0v) is 8.70. The molecule has 0 fully saturated rings. The molecule has 40 valence electrons. The molecule has 0 aliphatic rings. The molecule has 0 aromatic heterocycles. The van der Waals surface area contributed by atoms with Crippen molar-refractivity contribution in [3.05, 3.63) is 13.8 Å². The molecule has 0 aromatic carbocycles. The zero-order valence-electron chi connectivity index (χ0n) is 4.54. The molecular formula is C5H11NU. The third kappa shape index (κ3) is 10.9. The smallest absolute Gasteiger partial charge is 0.349 e. The summed E-state index contributed by atoms with van der Waals surface area (Å²) < 4.78 is 0. The topological polar surface area (TPSA) is 12.0 Å². The van der Waals surface area contributed by atoms with Crippen LogP contribution < -0.4 is 5.32 Å². The van der Waals surface area contributed by atoms with Gasteiger partial charge in [0.1, 0.15) is 0 Å². The van der Waals surface area contributed by atoms with Gasteiger partial charge in [-0.3, -0.25) is 0 Å². The van der Waals surface area contributed by atoms with Crippen molar-refractivity contribution < 1.29 is 31.1 Å². The largest absolute Gasteiger partial charge is 2.00 e. The minimum absolute atomic E-state index is 0. The summed E-state index contributed by atoms with van der Waals surface area (Å²) in [5.74, 6) is 0. The van der Waals surface area contributed by atoms with E-state index >= 15 is 0 Å². The van der Waals surface area contributed by atoms with E-state index in [-0.39, 0.29) is 31.1 Å². The van der Waals surface area contributed by atoms with Gasteiger partial charge in [0, 0.05) is 0 Å². The summed E-state index contributed by atoms with van der Waals surface area (Å²) in [6.07, 6.45) is 0.954. The van der Waals surface area contributed by atoms with Crippen LogP contribution in [-0.2, 0) is 0 Å². The quantitative estimate of drug-likeness (QED) is 0.594. The first-order valence-electron chi connectivity index (χ1n) is 2.21. The van der Waals surface area contributed by atoms with Crippen LogP contribution in [0.15, 0.2) is 0 Å². The summed E-state index contributed by atoms with van der Waals surface area (Å²) in [5.41, 5.74) is 0. The fourth-order valence-corrected chi connectivity index (χ4v) is 0.250. The Morgan fingerprint density at radius 2 is 1.86 bits per heavy atom. The van der Waals surface area contributed by atoms with Crippen LogP contribution in [-0.4, -0.2) is 13.1 Å². The van der Waals surface area contributed by atoms with Crippen molar-refractivity contribution in [1.29, 1.82) is 0 Å². The van der Waals surface area contributed by atoms with Gasteiger partial charge in [0.25, 0.3) is 0 Å². The molecule has 0 aromatic rings. The van der Waals surface area contributed by atoms with E-state index in [1.54, 1.807) is 0 Å². The van der Waals surface area contributed by atoms with Crippen molar-refractivity contribution in [2.45, 2.75) is 6.42 Å². The standard InChI is InChI=1S/C5H11N.U/c1-3-5-6-4-2;/h6H,1-5H2;/q-2;+2. The van der Waals surface area contributed by atoms with Crippen LogP contribution in [0.2, 0.25) is 0 Å². The summed E-state index contributed by atoms with van der Waals surface area (Å²) in [6, 6.07) is 0. The number of hydrogen-bond acceptors (Lipinski definition) is 1. The number of nitrogens with one attached hydrogen (secondary N) is 1. The van der Waals surface area contributed by atoms with E-state index in [4.69, 9.17) is 0 Å². The Morgan fingerprint density at radius 3 is 2.00 bits per heavy atom. The second kappa shape index (κ2) is 10.1. The van der Waals surface area contributed by atoms with Gasteiger partial charge in [0.05, 0.1) is 0 Å². The van der Waals surface area contributed by atoms with Crippen molar-refractivity contribution in [3.63, 3.8) is 0 Å². The Balaban J connectivity index is 0. The molecule has 7 heavy (non-hydrogen) atoms. The average molecular weight is 323 g/mol. The fraction of sp³-hybridized carbons (Fsp3) is 0.600. The van der Waals surface area contributed by atoms with Crippen molar-refractivity contribution in [3.8, 4) is 0 Å². The van der Waals surface area contributed by atoms with Gasteiger partial charge in [-0.1, -0.05) is 0 Å². The molecule has 2 heteroatoms. The van der Waals surface area contributed by atoms with E-state index < -0.39 is 0 Å². The van der Waals surface area contributed by atoms with E-state index in [0.717, 1.165) is 19.5 Å². The SMILES string of the molecule is [CH2-]CCNC[CH2-].[U+2]. The Morgan fingerprint density at radius 1 is 1.29 bits per heavy atom. The van der Waals surface area contributed by atoms with E-state index in [9.17, 15) is 0 Å². The van der Waals surface area contributed by atoms with Gasteiger partial charge in [-0.15, -0.1) is 6.54 Å². The van der Waals surface area contributed by atoms with E-state index in [1.165, 1.54) is 0 Å². The Kier molecular flexibility index (Phi) is 15.7. The molecule has 0 amide bonds. The number of hydrogen-bond donors (Lipinski definition) is 1. The molecule has 1 nitrogen and oxygen atoms in total. The Bertz CT molecular complexity index is 20.0. The Labute approximate surface area is 69.6 Å². The molecule has 0 heterocycles. The van der Waals surface area contributed by atoms with Gasteiger partial charge in [-0.2, -0.15) is 6.42 Å². The normalized spacial score (nSPS) is 7.71. The first kappa shape index (κ1) is 10.9. The van der Waals surface area contributed by atoms with Crippen LogP contribution in [0.1, 0.15) is 6.42 Å². The van der Waals surface area contributed by atoms with E-state index in [0.29, 0.717) is 0 Å². The molecular weight excluding hydrogens is 312 g/mol. The molecule has 0 rings (SSSR count). The number of rotatable bonds is 3. The average Bonchev–Trinajstić information content (AvgIpc) is 1.61. The monoisotopic (exact) mass is 323 g/mol. The molecule has 0 saturated carbocycles. The second-order valence-electron chi connectivity index (χ2n) is 1.10. The summed E-state index contributed by atoms with van der Waals surface area (Å²) in [4.78, 5) is 0. The first-order chi connectivity index (χ1) is 2.91. The van der Waals surface area contributed by atoms with Crippen LogP contribution >= 0.6 is 0 Å². The first-order valence-corrected chi connectivity index (χ1v) is 2.21. The molecule has 1 N–H and O–H groups in total. The van der Waals surface area contributed by atoms with Crippen LogP contribution in [0.5, 0.6) is 0 Å². The fourth-order valence-electron chi connectivity index (χ4n) is 0.250. The van der Waals surface area contributed by atoms with Gasteiger partial charge in [-0.05, 0) is 6.54 Å². The third-order valence-corrected chi connectivity index (χ3v) is 0.530. The van der Waals surface area contributed by atoms with Crippen molar-refractivity contribution in [2.24, 2.45) is 0 Å². The summed E-state index contributed by atoms with van der Waals surface area (Å²) in [7, 11) is 0. The van der Waals surface area contributed by atoms with Crippen molar-refractivity contribution in [1.82, 2.24) is 5.32 Å². The minimum atomic E-state index is 0. The van der Waals surface area contributed by atoms with E-state index in [2.05, 4.69) is 19.2 Å². The Hall–Kier alpha value is 1.01. The van der Waals surface area contributed by atoms with Crippen LogP contribution in [0.4, 0.5) is 0 Å². The summed E-state index contributed by atoms with van der Waals surface area (Å²) in [6.45, 7) is 9.02. The maximum absolute atomic E-state index is 3.63. The zero-order chi connectivity index (χ0) is 4.83. The maximum atomic E-state index is 3.63. The van der Waals surface area contributed by atoms with Gasteiger partial charge in [0.2, 0.25) is 0 Å². The maximum Gasteiger partial charge on any atom is 2.00 e. The molecule has 0 bridgehead atoms. The second-order valence-corrected chi connectivity index (χ2v) is 1.10. The molecule has 0 spiro atoms. The molecule has 0 aliphatic heterocycles. The molecule has 0 unspecified atom stereocenters. The van der Waals surface area contributed by atoms with Gasteiger partial charge in [-0.25, -0.2) is 0 Å². The molecule has 0 saturated heterocycles. The molecule has 0 radical (unpaired) electrons. The molecule has 0 aliphatic carbocycles. The van der Waals surface area contributed by atoms with Gasteiger partial charge >= 0.3 is 31.1 Å². The molecule has 0 atom stereocenters. The van der Waals surface area contributed by atoms with Crippen LogP contribution in [0.3, 0.4) is 0 Å². The van der Waals surface area contributed by atoms with Crippen LogP contribution in [0.25, 0.3) is 0 Å². The van der Waals surface area contributed by atoms with Gasteiger partial charge in [0.15, 0.2) is 0 Å². The van der Waals surface area contributed by atoms with E-state index in [1.807, 2.05) is 0 Å². The van der Waals surface area contributed by atoms with Crippen molar-refractivity contribution >= 4 is 0 Å². The predicted molar refractivity (Wildman–Crippen MR) is 28.2 cm³/mol. The third-order valence-electron chi connectivity index (χ3n) is 0.530.